The Hall–Kier alpha value is -1.55. The molecule has 0 aromatic heterocycles. The molecule has 1 saturated carbocycles. The highest BCUT2D eigenvalue weighted by Crippen LogP contribution is 2.21. The van der Waals surface area contributed by atoms with Crippen LogP contribution in [0.5, 0.6) is 0 Å². The highest BCUT2D eigenvalue weighted by atomic mass is 16.2. The van der Waals surface area contributed by atoms with Crippen molar-refractivity contribution in [1.29, 1.82) is 0 Å². The van der Waals surface area contributed by atoms with E-state index in [2.05, 4.69) is 5.32 Å². The summed E-state index contributed by atoms with van der Waals surface area (Å²) in [5, 5.41) is 3.50. The maximum Gasteiger partial charge on any atom is 0.253 e. The van der Waals surface area contributed by atoms with E-state index in [1.54, 1.807) is 19.0 Å². The second-order valence-electron chi connectivity index (χ2n) is 5.54. The molecule has 0 spiro atoms. The molecule has 2 atom stereocenters. The summed E-state index contributed by atoms with van der Waals surface area (Å²) >= 11 is 0. The molecule has 4 heteroatoms. The molecule has 1 aliphatic rings. The molecule has 4 nitrogen and oxygen atoms in total. The summed E-state index contributed by atoms with van der Waals surface area (Å²) in [6, 6.07) is 8.45. The van der Waals surface area contributed by atoms with Crippen LogP contribution in [-0.4, -0.2) is 37.0 Å². The first kappa shape index (κ1) is 13.9. The number of nitrogens with two attached hydrogens (primary N) is 1. The van der Waals surface area contributed by atoms with Crippen molar-refractivity contribution < 1.29 is 4.79 Å². The zero-order valence-electron chi connectivity index (χ0n) is 11.7. The van der Waals surface area contributed by atoms with Gasteiger partial charge in [-0.3, -0.25) is 4.79 Å². The number of amides is 1. The summed E-state index contributed by atoms with van der Waals surface area (Å²) in [4.78, 5) is 13.4. The van der Waals surface area contributed by atoms with Gasteiger partial charge in [0.05, 0.1) is 0 Å². The van der Waals surface area contributed by atoms with Gasteiger partial charge in [0.2, 0.25) is 0 Å². The van der Waals surface area contributed by atoms with Gasteiger partial charge in [0.25, 0.3) is 5.91 Å². The predicted molar refractivity (Wildman–Crippen MR) is 78.3 cm³/mol. The normalized spacial score (nSPS) is 22.9. The standard InChI is InChI=1S/C15H23N3O/c1-18(2)15(19)11-6-8-13(9-7-11)17-14-5-3-4-12(16)10-14/h6-9,12,14,17H,3-5,10,16H2,1-2H3. The summed E-state index contributed by atoms with van der Waals surface area (Å²) in [6.07, 6.45) is 4.52. The molecule has 1 amide bonds. The van der Waals surface area contributed by atoms with E-state index in [1.807, 2.05) is 24.3 Å². The van der Waals surface area contributed by atoms with Gasteiger partial charge in [0.15, 0.2) is 0 Å². The first-order chi connectivity index (χ1) is 9.06. The van der Waals surface area contributed by atoms with Gasteiger partial charge in [0, 0.05) is 37.4 Å². The fourth-order valence-corrected chi connectivity index (χ4v) is 2.56. The Bertz CT molecular complexity index is 428. The van der Waals surface area contributed by atoms with Crippen LogP contribution in [0.3, 0.4) is 0 Å². The molecule has 2 rings (SSSR count). The SMILES string of the molecule is CN(C)C(=O)c1ccc(NC2CCCC(N)C2)cc1. The second-order valence-corrected chi connectivity index (χ2v) is 5.54. The second kappa shape index (κ2) is 6.06. The highest BCUT2D eigenvalue weighted by molar-refractivity contribution is 5.94. The summed E-state index contributed by atoms with van der Waals surface area (Å²) in [5.74, 6) is 0.0336. The maximum absolute atomic E-state index is 11.8. The number of hydrogen-bond donors (Lipinski definition) is 2. The van der Waals surface area contributed by atoms with Gasteiger partial charge in [-0.1, -0.05) is 0 Å². The Kier molecular flexibility index (Phi) is 4.43. The van der Waals surface area contributed by atoms with Crippen molar-refractivity contribution in [2.24, 2.45) is 5.73 Å². The van der Waals surface area contributed by atoms with Crippen LogP contribution in [-0.2, 0) is 0 Å². The van der Waals surface area contributed by atoms with E-state index in [1.165, 1.54) is 12.8 Å². The van der Waals surface area contributed by atoms with Crippen molar-refractivity contribution in [3.05, 3.63) is 29.8 Å². The number of nitrogens with one attached hydrogen (secondary N) is 1. The van der Waals surface area contributed by atoms with E-state index in [9.17, 15) is 4.79 Å². The summed E-state index contributed by atoms with van der Waals surface area (Å²) in [7, 11) is 3.52. The lowest BCUT2D eigenvalue weighted by Gasteiger charge is -2.28. The van der Waals surface area contributed by atoms with E-state index in [0.29, 0.717) is 12.1 Å². The van der Waals surface area contributed by atoms with E-state index < -0.39 is 0 Å². The van der Waals surface area contributed by atoms with E-state index in [0.717, 1.165) is 24.1 Å². The lowest BCUT2D eigenvalue weighted by molar-refractivity contribution is 0.0827. The van der Waals surface area contributed by atoms with Crippen LogP contribution in [0.2, 0.25) is 0 Å². The van der Waals surface area contributed by atoms with E-state index >= 15 is 0 Å². The fraction of sp³-hybridized carbons (Fsp3) is 0.533. The molecule has 0 heterocycles. The molecule has 1 fully saturated rings. The molecule has 0 aliphatic heterocycles. The first-order valence-electron chi connectivity index (χ1n) is 6.90. The van der Waals surface area contributed by atoms with Crippen molar-refractivity contribution in [2.75, 3.05) is 19.4 Å². The van der Waals surface area contributed by atoms with Crippen LogP contribution >= 0.6 is 0 Å². The van der Waals surface area contributed by atoms with Crippen LogP contribution in [0.15, 0.2) is 24.3 Å². The Balaban J connectivity index is 1.97. The van der Waals surface area contributed by atoms with E-state index in [4.69, 9.17) is 5.73 Å². The molecule has 3 N–H and O–H groups in total. The van der Waals surface area contributed by atoms with Crippen molar-refractivity contribution in [3.63, 3.8) is 0 Å². The van der Waals surface area contributed by atoms with Gasteiger partial charge in [-0.2, -0.15) is 0 Å². The molecule has 2 unspecified atom stereocenters. The summed E-state index contributed by atoms with van der Waals surface area (Å²) in [5.41, 5.74) is 7.77. The maximum atomic E-state index is 11.8. The lowest BCUT2D eigenvalue weighted by Crippen LogP contribution is -2.34. The third-order valence-electron chi connectivity index (χ3n) is 3.62. The molecule has 1 aliphatic carbocycles. The third kappa shape index (κ3) is 3.70. The molecule has 1 aromatic rings. The Labute approximate surface area is 115 Å². The number of anilines is 1. The van der Waals surface area contributed by atoms with Crippen LogP contribution in [0.4, 0.5) is 5.69 Å². The van der Waals surface area contributed by atoms with Crippen molar-refractivity contribution in [3.8, 4) is 0 Å². The fourth-order valence-electron chi connectivity index (χ4n) is 2.56. The number of benzene rings is 1. The molecule has 19 heavy (non-hydrogen) atoms. The van der Waals surface area contributed by atoms with Crippen LogP contribution in [0.1, 0.15) is 36.0 Å². The van der Waals surface area contributed by atoms with Crippen molar-refractivity contribution >= 4 is 11.6 Å². The number of hydrogen-bond acceptors (Lipinski definition) is 3. The van der Waals surface area contributed by atoms with Crippen LogP contribution < -0.4 is 11.1 Å². The Morgan fingerprint density at radius 2 is 1.95 bits per heavy atom. The van der Waals surface area contributed by atoms with Gasteiger partial charge in [-0.25, -0.2) is 0 Å². The van der Waals surface area contributed by atoms with E-state index in [-0.39, 0.29) is 5.91 Å². The highest BCUT2D eigenvalue weighted by Gasteiger charge is 2.18. The van der Waals surface area contributed by atoms with Gasteiger partial charge in [-0.15, -0.1) is 0 Å². The molecule has 104 valence electrons. The third-order valence-corrected chi connectivity index (χ3v) is 3.62. The molecule has 0 bridgehead atoms. The quantitative estimate of drug-likeness (QED) is 0.875. The lowest BCUT2D eigenvalue weighted by atomic mass is 9.91. The molecular formula is C15H23N3O. The Morgan fingerprint density at radius 1 is 1.26 bits per heavy atom. The molecule has 0 saturated heterocycles. The minimum atomic E-state index is 0.0336. The monoisotopic (exact) mass is 261 g/mol. The summed E-state index contributed by atoms with van der Waals surface area (Å²) in [6.45, 7) is 0. The largest absolute Gasteiger partial charge is 0.382 e. The first-order valence-corrected chi connectivity index (χ1v) is 6.90. The van der Waals surface area contributed by atoms with Crippen LogP contribution in [0.25, 0.3) is 0 Å². The molecule has 0 radical (unpaired) electrons. The molecular weight excluding hydrogens is 238 g/mol. The topological polar surface area (TPSA) is 58.4 Å². The minimum Gasteiger partial charge on any atom is -0.382 e. The van der Waals surface area contributed by atoms with Crippen molar-refractivity contribution in [1.82, 2.24) is 4.90 Å². The summed E-state index contributed by atoms with van der Waals surface area (Å²) < 4.78 is 0. The van der Waals surface area contributed by atoms with Gasteiger partial charge in [0.1, 0.15) is 0 Å². The average Bonchev–Trinajstić information content (AvgIpc) is 2.39. The smallest absolute Gasteiger partial charge is 0.253 e. The predicted octanol–water partition coefficient (Wildman–Crippen LogP) is 2.07. The van der Waals surface area contributed by atoms with Gasteiger partial charge >= 0.3 is 0 Å². The average molecular weight is 261 g/mol. The number of nitrogens with zero attached hydrogens (tertiary/aromatic N) is 1. The number of carbonyl (C=O) groups excluding carboxylic acids is 1. The number of rotatable bonds is 3. The van der Waals surface area contributed by atoms with Gasteiger partial charge < -0.3 is 16.0 Å². The van der Waals surface area contributed by atoms with Gasteiger partial charge in [-0.05, 0) is 49.9 Å². The zero-order chi connectivity index (χ0) is 13.8. The zero-order valence-corrected chi connectivity index (χ0v) is 11.7. The Morgan fingerprint density at radius 3 is 2.53 bits per heavy atom. The number of carbonyl (C=O) groups is 1. The molecule has 1 aromatic carbocycles. The van der Waals surface area contributed by atoms with Crippen LogP contribution in [0, 0.1) is 0 Å². The van der Waals surface area contributed by atoms with Crippen molar-refractivity contribution in [2.45, 2.75) is 37.8 Å². The minimum absolute atomic E-state index is 0.0336.